The average molecular weight is 435 g/mol. The number of pyridine rings is 1. The van der Waals surface area contributed by atoms with Crippen molar-refractivity contribution < 1.29 is 22.8 Å². The summed E-state index contributed by atoms with van der Waals surface area (Å²) in [6.45, 7) is 2.51. The molecule has 1 aliphatic rings. The van der Waals surface area contributed by atoms with E-state index in [-0.39, 0.29) is 18.4 Å². The van der Waals surface area contributed by atoms with Crippen molar-refractivity contribution in [1.82, 2.24) is 14.8 Å². The average Bonchev–Trinajstić information content (AvgIpc) is 2.73. The molecule has 1 aromatic heterocycles. The van der Waals surface area contributed by atoms with Gasteiger partial charge >= 0.3 is 6.18 Å². The van der Waals surface area contributed by atoms with Crippen LogP contribution >= 0.6 is 0 Å². The molecule has 31 heavy (non-hydrogen) atoms. The molecule has 166 valence electrons. The number of amides is 2. The highest BCUT2D eigenvalue weighted by molar-refractivity contribution is 5.96. The van der Waals surface area contributed by atoms with E-state index in [4.69, 9.17) is 0 Å². The summed E-state index contributed by atoms with van der Waals surface area (Å²) in [4.78, 5) is 33.5. The Labute approximate surface area is 178 Å². The highest BCUT2D eigenvalue weighted by atomic mass is 19.4. The zero-order valence-corrected chi connectivity index (χ0v) is 17.3. The third-order valence-electron chi connectivity index (χ3n) is 4.96. The van der Waals surface area contributed by atoms with Gasteiger partial charge in [0.15, 0.2) is 0 Å². The van der Waals surface area contributed by atoms with Crippen LogP contribution in [0.2, 0.25) is 0 Å². The van der Waals surface area contributed by atoms with Crippen LogP contribution in [0.15, 0.2) is 42.6 Å². The van der Waals surface area contributed by atoms with Gasteiger partial charge in [0.25, 0.3) is 5.91 Å². The summed E-state index contributed by atoms with van der Waals surface area (Å²) in [6, 6.07) is 9.09. The number of carbonyl (C=O) groups is 2. The molecular weight excluding hydrogens is 411 g/mol. The second-order valence-electron chi connectivity index (χ2n) is 7.49. The number of carbonyl (C=O) groups excluding carboxylic acids is 2. The maximum Gasteiger partial charge on any atom is 0.417 e. The fourth-order valence-electron chi connectivity index (χ4n) is 3.23. The predicted octanol–water partition coefficient (Wildman–Crippen LogP) is 2.56. The first-order valence-corrected chi connectivity index (χ1v) is 9.75. The number of nitrogens with one attached hydrogen (secondary N) is 1. The lowest BCUT2D eigenvalue weighted by atomic mass is 10.2. The van der Waals surface area contributed by atoms with Gasteiger partial charge in [-0.3, -0.25) is 14.5 Å². The van der Waals surface area contributed by atoms with Gasteiger partial charge in [0, 0.05) is 57.7 Å². The van der Waals surface area contributed by atoms with Crippen LogP contribution in [0.25, 0.3) is 0 Å². The Morgan fingerprint density at radius 3 is 2.19 bits per heavy atom. The maximum atomic E-state index is 12.7. The standard InChI is InChI=1S/C21H24F3N5O2/c1-27(2)20(31)15-3-6-17(7-4-15)26-19(30)14-28-9-11-29(12-10-28)18-8-5-16(13-25-18)21(22,23)24/h3-8,13H,9-12,14H2,1-2H3,(H,26,30). The smallest absolute Gasteiger partial charge is 0.354 e. The maximum absolute atomic E-state index is 12.7. The van der Waals surface area contributed by atoms with Crippen molar-refractivity contribution in [2.75, 3.05) is 57.0 Å². The number of rotatable bonds is 5. The van der Waals surface area contributed by atoms with Crippen LogP contribution in [0.4, 0.5) is 24.7 Å². The van der Waals surface area contributed by atoms with Gasteiger partial charge in [0.2, 0.25) is 5.91 Å². The number of benzene rings is 1. The Morgan fingerprint density at radius 1 is 1.03 bits per heavy atom. The highest BCUT2D eigenvalue weighted by Crippen LogP contribution is 2.29. The summed E-state index contributed by atoms with van der Waals surface area (Å²) in [6.07, 6.45) is -3.56. The van der Waals surface area contributed by atoms with E-state index in [1.807, 2.05) is 9.80 Å². The first-order valence-electron chi connectivity index (χ1n) is 9.75. The van der Waals surface area contributed by atoms with E-state index in [1.165, 1.54) is 11.0 Å². The van der Waals surface area contributed by atoms with Crippen LogP contribution in [0.3, 0.4) is 0 Å². The quantitative estimate of drug-likeness (QED) is 0.782. The molecule has 0 atom stereocenters. The zero-order chi connectivity index (χ0) is 22.6. The molecule has 3 rings (SSSR count). The van der Waals surface area contributed by atoms with E-state index in [0.29, 0.717) is 43.2 Å². The molecule has 10 heteroatoms. The van der Waals surface area contributed by atoms with Crippen LogP contribution in [-0.2, 0) is 11.0 Å². The molecule has 0 aliphatic carbocycles. The first-order chi connectivity index (χ1) is 14.6. The van der Waals surface area contributed by atoms with E-state index in [0.717, 1.165) is 12.3 Å². The van der Waals surface area contributed by atoms with Crippen LogP contribution in [-0.4, -0.2) is 73.4 Å². The van der Waals surface area contributed by atoms with Crippen molar-refractivity contribution in [3.05, 3.63) is 53.7 Å². The number of piperazine rings is 1. The third-order valence-corrected chi connectivity index (χ3v) is 4.96. The Morgan fingerprint density at radius 2 is 1.68 bits per heavy atom. The number of hydrogen-bond acceptors (Lipinski definition) is 5. The summed E-state index contributed by atoms with van der Waals surface area (Å²) in [5.74, 6) is 0.204. The lowest BCUT2D eigenvalue weighted by molar-refractivity contribution is -0.137. The first kappa shape index (κ1) is 22.5. The van der Waals surface area contributed by atoms with Crippen molar-refractivity contribution in [3.8, 4) is 0 Å². The second kappa shape index (κ2) is 9.34. The van der Waals surface area contributed by atoms with E-state index < -0.39 is 11.7 Å². The number of nitrogens with zero attached hydrogens (tertiary/aromatic N) is 4. The molecule has 0 unspecified atom stereocenters. The third kappa shape index (κ3) is 5.94. The van der Waals surface area contributed by atoms with E-state index in [1.54, 1.807) is 38.4 Å². The van der Waals surface area contributed by atoms with Crippen molar-refractivity contribution >= 4 is 23.3 Å². The topological polar surface area (TPSA) is 68.8 Å². The van der Waals surface area contributed by atoms with Crippen LogP contribution in [0.1, 0.15) is 15.9 Å². The minimum atomic E-state index is -4.40. The van der Waals surface area contributed by atoms with Crippen molar-refractivity contribution in [1.29, 1.82) is 0 Å². The summed E-state index contributed by atoms with van der Waals surface area (Å²) in [5, 5.41) is 2.81. The van der Waals surface area contributed by atoms with Crippen molar-refractivity contribution in [2.24, 2.45) is 0 Å². The highest BCUT2D eigenvalue weighted by Gasteiger charge is 2.31. The predicted molar refractivity (Wildman–Crippen MR) is 111 cm³/mol. The minimum Gasteiger partial charge on any atom is -0.354 e. The molecule has 1 fully saturated rings. The van der Waals surface area contributed by atoms with Crippen molar-refractivity contribution in [3.63, 3.8) is 0 Å². The van der Waals surface area contributed by atoms with Gasteiger partial charge in [-0.05, 0) is 36.4 Å². The molecule has 2 heterocycles. The molecule has 7 nitrogen and oxygen atoms in total. The van der Waals surface area contributed by atoms with Gasteiger partial charge in [-0.25, -0.2) is 4.98 Å². The molecule has 1 aromatic carbocycles. The number of aromatic nitrogens is 1. The molecule has 2 aromatic rings. The lowest BCUT2D eigenvalue weighted by Gasteiger charge is -2.35. The van der Waals surface area contributed by atoms with Crippen LogP contribution in [0, 0.1) is 0 Å². The fraction of sp³-hybridized carbons (Fsp3) is 0.381. The van der Waals surface area contributed by atoms with Gasteiger partial charge in [0.1, 0.15) is 5.82 Å². The number of alkyl halides is 3. The number of hydrogen-bond donors (Lipinski definition) is 1. The zero-order valence-electron chi connectivity index (χ0n) is 17.3. The summed E-state index contributed by atoms with van der Waals surface area (Å²) in [7, 11) is 3.34. The SMILES string of the molecule is CN(C)C(=O)c1ccc(NC(=O)CN2CCN(c3ccc(C(F)(F)F)cn3)CC2)cc1. The number of halogens is 3. The van der Waals surface area contributed by atoms with Crippen LogP contribution in [0.5, 0.6) is 0 Å². The van der Waals surface area contributed by atoms with E-state index in [9.17, 15) is 22.8 Å². The van der Waals surface area contributed by atoms with E-state index in [2.05, 4.69) is 10.3 Å². The normalized spacial score (nSPS) is 14.9. The minimum absolute atomic E-state index is 0.113. The molecule has 1 N–H and O–H groups in total. The lowest BCUT2D eigenvalue weighted by Crippen LogP contribution is -2.48. The molecule has 0 saturated carbocycles. The Bertz CT molecular complexity index is 906. The Hall–Kier alpha value is -3.14. The Balaban J connectivity index is 1.47. The molecule has 0 spiro atoms. The monoisotopic (exact) mass is 435 g/mol. The summed E-state index contributed by atoms with van der Waals surface area (Å²) >= 11 is 0. The molecule has 1 saturated heterocycles. The molecule has 0 bridgehead atoms. The Kier molecular flexibility index (Phi) is 6.79. The molecule has 1 aliphatic heterocycles. The fourth-order valence-corrected chi connectivity index (χ4v) is 3.23. The summed E-state index contributed by atoms with van der Waals surface area (Å²) in [5.41, 5.74) is 0.370. The van der Waals surface area contributed by atoms with Gasteiger partial charge < -0.3 is 15.1 Å². The summed E-state index contributed by atoms with van der Waals surface area (Å²) < 4.78 is 38.0. The van der Waals surface area contributed by atoms with Gasteiger partial charge in [-0.2, -0.15) is 13.2 Å². The van der Waals surface area contributed by atoms with Crippen LogP contribution < -0.4 is 10.2 Å². The van der Waals surface area contributed by atoms with Gasteiger partial charge in [0.05, 0.1) is 12.1 Å². The van der Waals surface area contributed by atoms with E-state index >= 15 is 0 Å². The second-order valence-corrected chi connectivity index (χ2v) is 7.49. The molecular formula is C21H24F3N5O2. The number of anilines is 2. The van der Waals surface area contributed by atoms with Crippen molar-refractivity contribution in [2.45, 2.75) is 6.18 Å². The van der Waals surface area contributed by atoms with Gasteiger partial charge in [-0.15, -0.1) is 0 Å². The molecule has 2 amide bonds. The molecule has 0 radical (unpaired) electrons. The largest absolute Gasteiger partial charge is 0.417 e. The van der Waals surface area contributed by atoms with Gasteiger partial charge in [-0.1, -0.05) is 0 Å².